The molecule has 4 nitrogen and oxygen atoms in total. The Hall–Kier alpha value is -1.86. The molecule has 0 saturated carbocycles. The second-order valence-electron chi connectivity index (χ2n) is 3.31. The van der Waals surface area contributed by atoms with Gasteiger partial charge in [0.1, 0.15) is 11.5 Å². The molecule has 0 aliphatic heterocycles. The summed E-state index contributed by atoms with van der Waals surface area (Å²) in [5.74, 6) is -2.44. The number of alkyl halides is 2. The van der Waals surface area contributed by atoms with Crippen molar-refractivity contribution < 1.29 is 22.5 Å². The Morgan fingerprint density at radius 1 is 1.35 bits per heavy atom. The van der Waals surface area contributed by atoms with Crippen molar-refractivity contribution in [2.75, 3.05) is 5.32 Å². The Balaban J connectivity index is 3.17. The molecule has 0 radical (unpaired) electrons. The van der Waals surface area contributed by atoms with E-state index < -0.39 is 40.4 Å². The van der Waals surface area contributed by atoms with E-state index in [0.29, 0.717) is 12.1 Å². The zero-order valence-electron chi connectivity index (χ0n) is 8.58. The molecule has 0 aromatic heterocycles. The number of anilines is 1. The van der Waals surface area contributed by atoms with E-state index in [1.54, 1.807) is 0 Å². The van der Waals surface area contributed by atoms with Gasteiger partial charge in [0.2, 0.25) is 0 Å². The maximum atomic E-state index is 13.2. The zero-order valence-corrected chi connectivity index (χ0v) is 8.58. The predicted octanol–water partition coefficient (Wildman–Crippen LogP) is 2.94. The first kappa shape index (κ1) is 13.2. The van der Waals surface area contributed by atoms with Gasteiger partial charge in [-0.05, 0) is 6.92 Å². The van der Waals surface area contributed by atoms with Crippen LogP contribution in [0, 0.1) is 21.7 Å². The van der Waals surface area contributed by atoms with Crippen LogP contribution < -0.4 is 5.32 Å². The van der Waals surface area contributed by atoms with Crippen LogP contribution in [0.1, 0.15) is 6.92 Å². The number of nitrogens with zero attached hydrogens (tertiary/aromatic N) is 1. The first-order valence-corrected chi connectivity index (χ1v) is 4.51. The molecule has 1 atom stereocenters. The minimum Gasteiger partial charge on any atom is -0.369 e. The maximum absolute atomic E-state index is 13.2. The van der Waals surface area contributed by atoms with E-state index in [-0.39, 0.29) is 0 Å². The Kier molecular flexibility index (Phi) is 3.87. The van der Waals surface area contributed by atoms with Crippen molar-refractivity contribution in [3.05, 3.63) is 33.9 Å². The molecule has 94 valence electrons. The minimum atomic E-state index is -2.83. The van der Waals surface area contributed by atoms with Gasteiger partial charge < -0.3 is 5.32 Å². The first-order valence-electron chi connectivity index (χ1n) is 4.51. The van der Waals surface area contributed by atoms with Gasteiger partial charge >= 0.3 is 0 Å². The molecule has 0 spiro atoms. The number of rotatable bonds is 4. The van der Waals surface area contributed by atoms with E-state index in [1.165, 1.54) is 0 Å². The molecule has 1 aromatic rings. The summed E-state index contributed by atoms with van der Waals surface area (Å²) in [5.41, 5.74) is -1.67. The summed E-state index contributed by atoms with van der Waals surface area (Å²) < 4.78 is 50.4. The fraction of sp³-hybridized carbons (Fsp3) is 0.333. The summed E-state index contributed by atoms with van der Waals surface area (Å²) in [4.78, 5) is 9.47. The smallest absolute Gasteiger partial charge is 0.298 e. The summed E-state index contributed by atoms with van der Waals surface area (Å²) in [7, 11) is 0. The van der Waals surface area contributed by atoms with E-state index in [4.69, 9.17) is 0 Å². The highest BCUT2D eigenvalue weighted by atomic mass is 19.3. The van der Waals surface area contributed by atoms with Crippen molar-refractivity contribution in [3.63, 3.8) is 0 Å². The highest BCUT2D eigenvalue weighted by Gasteiger charge is 2.24. The highest BCUT2D eigenvalue weighted by Crippen LogP contribution is 2.29. The van der Waals surface area contributed by atoms with Gasteiger partial charge in [-0.1, -0.05) is 0 Å². The van der Waals surface area contributed by atoms with Gasteiger partial charge in [-0.25, -0.2) is 17.6 Å². The lowest BCUT2D eigenvalue weighted by atomic mass is 10.2. The van der Waals surface area contributed by atoms with Crippen molar-refractivity contribution in [2.24, 2.45) is 0 Å². The highest BCUT2D eigenvalue weighted by molar-refractivity contribution is 5.62. The number of nitro groups is 1. The van der Waals surface area contributed by atoms with Gasteiger partial charge in [-0.15, -0.1) is 0 Å². The molecule has 1 unspecified atom stereocenters. The van der Waals surface area contributed by atoms with Crippen LogP contribution in [0.4, 0.5) is 28.9 Å². The number of hydrogen-bond acceptors (Lipinski definition) is 3. The number of benzene rings is 1. The lowest BCUT2D eigenvalue weighted by molar-refractivity contribution is -0.384. The predicted molar refractivity (Wildman–Crippen MR) is 52.1 cm³/mol. The van der Waals surface area contributed by atoms with Crippen LogP contribution in [0.25, 0.3) is 0 Å². The lowest BCUT2D eigenvalue weighted by Crippen LogP contribution is -2.25. The summed E-state index contributed by atoms with van der Waals surface area (Å²) >= 11 is 0. The van der Waals surface area contributed by atoms with Crippen LogP contribution in [-0.2, 0) is 0 Å². The Morgan fingerprint density at radius 3 is 2.41 bits per heavy atom. The topological polar surface area (TPSA) is 55.2 Å². The largest absolute Gasteiger partial charge is 0.369 e. The minimum absolute atomic E-state index is 0.382. The molecular weight excluding hydrogens is 244 g/mol. The van der Waals surface area contributed by atoms with Gasteiger partial charge in [0.05, 0.1) is 17.0 Å². The van der Waals surface area contributed by atoms with Crippen molar-refractivity contribution in [1.29, 1.82) is 0 Å². The molecular formula is C9H8F4N2O2. The molecule has 0 fully saturated rings. The van der Waals surface area contributed by atoms with Crippen LogP contribution in [0.15, 0.2) is 12.1 Å². The molecule has 0 amide bonds. The molecule has 0 bridgehead atoms. The molecule has 8 heteroatoms. The summed E-state index contributed by atoms with van der Waals surface area (Å²) in [6.07, 6.45) is -2.83. The Labute approximate surface area is 93.4 Å². The standard InChI is InChI=1S/C9H8F4N2O2/c1-4(9(12)13)14-8-6(11)2-5(10)3-7(8)15(16)17/h2-4,9,14H,1H3. The van der Waals surface area contributed by atoms with Crippen LogP contribution in [0.3, 0.4) is 0 Å². The molecule has 1 aromatic carbocycles. The number of nitro benzene ring substituents is 1. The third kappa shape index (κ3) is 3.05. The van der Waals surface area contributed by atoms with Gasteiger partial charge in [0, 0.05) is 6.07 Å². The van der Waals surface area contributed by atoms with Crippen LogP contribution in [-0.4, -0.2) is 17.4 Å². The molecule has 17 heavy (non-hydrogen) atoms. The molecule has 0 aliphatic carbocycles. The fourth-order valence-corrected chi connectivity index (χ4v) is 1.14. The van der Waals surface area contributed by atoms with Crippen molar-refractivity contribution >= 4 is 11.4 Å². The average Bonchev–Trinajstić information content (AvgIpc) is 2.20. The molecule has 0 saturated heterocycles. The summed E-state index contributed by atoms with van der Waals surface area (Å²) in [6, 6.07) is -0.648. The van der Waals surface area contributed by atoms with E-state index in [9.17, 15) is 27.7 Å². The quantitative estimate of drug-likeness (QED) is 0.509. The van der Waals surface area contributed by atoms with Gasteiger partial charge in [-0.3, -0.25) is 10.1 Å². The van der Waals surface area contributed by atoms with Gasteiger partial charge in [-0.2, -0.15) is 0 Å². The normalized spacial score (nSPS) is 12.6. The zero-order chi connectivity index (χ0) is 13.2. The molecule has 1 N–H and O–H groups in total. The Morgan fingerprint density at radius 2 is 1.94 bits per heavy atom. The number of halogens is 4. The van der Waals surface area contributed by atoms with Crippen LogP contribution in [0.2, 0.25) is 0 Å². The third-order valence-electron chi connectivity index (χ3n) is 1.98. The second-order valence-corrected chi connectivity index (χ2v) is 3.31. The molecule has 0 heterocycles. The molecule has 0 aliphatic rings. The third-order valence-corrected chi connectivity index (χ3v) is 1.98. The SMILES string of the molecule is CC(Nc1c(F)cc(F)cc1[N+](=O)[O-])C(F)F. The Bertz CT molecular complexity index is 439. The van der Waals surface area contributed by atoms with Crippen molar-refractivity contribution in [1.82, 2.24) is 0 Å². The van der Waals surface area contributed by atoms with Crippen LogP contribution in [0.5, 0.6) is 0 Å². The summed E-state index contributed by atoms with van der Waals surface area (Å²) in [6.45, 7) is 1.02. The lowest BCUT2D eigenvalue weighted by Gasteiger charge is -2.14. The fourth-order valence-electron chi connectivity index (χ4n) is 1.14. The number of nitrogens with one attached hydrogen (secondary N) is 1. The van der Waals surface area contributed by atoms with Crippen molar-refractivity contribution in [2.45, 2.75) is 19.4 Å². The van der Waals surface area contributed by atoms with E-state index in [2.05, 4.69) is 0 Å². The number of hydrogen-bond donors (Lipinski definition) is 1. The van der Waals surface area contributed by atoms with Gasteiger partial charge in [0.25, 0.3) is 12.1 Å². The van der Waals surface area contributed by atoms with Crippen LogP contribution >= 0.6 is 0 Å². The van der Waals surface area contributed by atoms with E-state index in [1.807, 2.05) is 5.32 Å². The average molecular weight is 252 g/mol. The second kappa shape index (κ2) is 4.98. The van der Waals surface area contributed by atoms with E-state index in [0.717, 1.165) is 6.92 Å². The maximum Gasteiger partial charge on any atom is 0.298 e. The van der Waals surface area contributed by atoms with E-state index >= 15 is 0 Å². The van der Waals surface area contributed by atoms with Gasteiger partial charge in [0.15, 0.2) is 5.82 Å². The molecule has 1 rings (SSSR count). The first-order chi connectivity index (χ1) is 7.82. The van der Waals surface area contributed by atoms with Crippen molar-refractivity contribution in [3.8, 4) is 0 Å². The monoisotopic (exact) mass is 252 g/mol. The summed E-state index contributed by atoms with van der Waals surface area (Å²) in [5, 5.41) is 12.5.